The summed E-state index contributed by atoms with van der Waals surface area (Å²) in [6.45, 7) is 1.72. The largest absolute Gasteiger partial charge is 0.504 e. The van der Waals surface area contributed by atoms with Gasteiger partial charge in [-0.2, -0.15) is 0 Å². The predicted octanol–water partition coefficient (Wildman–Crippen LogP) is 1.66. The highest BCUT2D eigenvalue weighted by Crippen LogP contribution is 2.26. The van der Waals surface area contributed by atoms with E-state index in [1.165, 1.54) is 32.4 Å². The van der Waals surface area contributed by atoms with Gasteiger partial charge in [-0.25, -0.2) is 0 Å². The second-order valence-corrected chi connectivity index (χ2v) is 5.08. The van der Waals surface area contributed by atoms with Gasteiger partial charge in [-0.1, -0.05) is 6.42 Å². The highest BCUT2D eigenvalue weighted by Gasteiger charge is 2.13. The number of methoxy groups -OCH3 is 1. The minimum atomic E-state index is -0.168. The van der Waals surface area contributed by atoms with Crippen molar-refractivity contribution in [1.29, 1.82) is 0 Å². The van der Waals surface area contributed by atoms with E-state index in [1.54, 1.807) is 12.1 Å². The van der Waals surface area contributed by atoms with Gasteiger partial charge in [-0.15, -0.1) is 0 Å². The van der Waals surface area contributed by atoms with Crippen LogP contribution in [0.1, 0.15) is 36.0 Å². The lowest BCUT2D eigenvalue weighted by Gasteiger charge is -2.23. The van der Waals surface area contributed by atoms with Crippen LogP contribution in [0.25, 0.3) is 0 Å². The molecule has 5 heteroatoms. The molecule has 2 rings (SSSR count). The van der Waals surface area contributed by atoms with Crippen LogP contribution in [0.15, 0.2) is 18.2 Å². The second kappa shape index (κ2) is 7.14. The number of rotatable bonds is 5. The Balaban J connectivity index is 1.80. The Labute approximate surface area is 119 Å². The maximum atomic E-state index is 12.0. The van der Waals surface area contributed by atoms with Crippen LogP contribution < -0.4 is 15.4 Å². The molecular formula is C15H22N2O3. The number of carbonyl (C=O) groups excluding carboxylic acids is 1. The zero-order valence-corrected chi connectivity index (χ0v) is 11.8. The van der Waals surface area contributed by atoms with Crippen molar-refractivity contribution in [3.63, 3.8) is 0 Å². The highest BCUT2D eigenvalue weighted by molar-refractivity contribution is 5.94. The fourth-order valence-corrected chi connectivity index (χ4v) is 2.46. The van der Waals surface area contributed by atoms with Crippen LogP contribution in [0.3, 0.4) is 0 Å². The lowest BCUT2D eigenvalue weighted by atomic mass is 10.0. The fraction of sp³-hybridized carbons (Fsp3) is 0.533. The van der Waals surface area contributed by atoms with E-state index in [4.69, 9.17) is 4.74 Å². The molecule has 0 bridgehead atoms. The van der Waals surface area contributed by atoms with Crippen LogP contribution in [0, 0.1) is 0 Å². The second-order valence-electron chi connectivity index (χ2n) is 5.08. The molecule has 1 amide bonds. The Morgan fingerprint density at radius 1 is 1.50 bits per heavy atom. The first-order valence-corrected chi connectivity index (χ1v) is 7.09. The molecule has 0 radical (unpaired) electrons. The summed E-state index contributed by atoms with van der Waals surface area (Å²) in [6, 6.07) is 5.17. The molecule has 1 unspecified atom stereocenters. The van der Waals surface area contributed by atoms with Crippen LogP contribution in [-0.2, 0) is 0 Å². The number of amides is 1. The molecular weight excluding hydrogens is 256 g/mol. The van der Waals surface area contributed by atoms with E-state index >= 15 is 0 Å². The topological polar surface area (TPSA) is 70.6 Å². The van der Waals surface area contributed by atoms with Gasteiger partial charge in [0.1, 0.15) is 0 Å². The van der Waals surface area contributed by atoms with Gasteiger partial charge in [-0.3, -0.25) is 4.79 Å². The third-order valence-electron chi connectivity index (χ3n) is 3.63. The summed E-state index contributed by atoms with van der Waals surface area (Å²) in [5, 5.41) is 16.0. The molecule has 1 aliphatic heterocycles. The fourth-order valence-electron chi connectivity index (χ4n) is 2.46. The molecule has 1 aromatic rings. The first-order chi connectivity index (χ1) is 9.70. The average molecular weight is 278 g/mol. The van der Waals surface area contributed by atoms with Gasteiger partial charge in [0.15, 0.2) is 11.5 Å². The number of hydrogen-bond donors (Lipinski definition) is 3. The summed E-state index contributed by atoms with van der Waals surface area (Å²) in [5.74, 6) is 0.181. The maximum absolute atomic E-state index is 12.0. The Hall–Kier alpha value is -1.75. The molecule has 5 nitrogen and oxygen atoms in total. The van der Waals surface area contributed by atoms with Crippen LogP contribution in [0.2, 0.25) is 0 Å². The van der Waals surface area contributed by atoms with Gasteiger partial charge in [0.2, 0.25) is 0 Å². The van der Waals surface area contributed by atoms with Gasteiger partial charge < -0.3 is 20.5 Å². The van der Waals surface area contributed by atoms with Crippen LogP contribution in [-0.4, -0.2) is 37.3 Å². The molecule has 0 spiro atoms. The van der Waals surface area contributed by atoms with Gasteiger partial charge >= 0.3 is 0 Å². The van der Waals surface area contributed by atoms with Gasteiger partial charge in [0.05, 0.1) is 7.11 Å². The van der Waals surface area contributed by atoms with Crippen LogP contribution >= 0.6 is 0 Å². The van der Waals surface area contributed by atoms with Crippen molar-refractivity contribution in [2.24, 2.45) is 0 Å². The monoisotopic (exact) mass is 278 g/mol. The number of phenols is 1. The van der Waals surface area contributed by atoms with E-state index in [0.29, 0.717) is 23.9 Å². The summed E-state index contributed by atoms with van der Waals surface area (Å²) >= 11 is 0. The third kappa shape index (κ3) is 3.87. The van der Waals surface area contributed by atoms with Crippen molar-refractivity contribution in [3.05, 3.63) is 23.8 Å². The summed E-state index contributed by atoms with van der Waals surface area (Å²) in [4.78, 5) is 12.0. The summed E-state index contributed by atoms with van der Waals surface area (Å²) in [7, 11) is 1.48. The van der Waals surface area contributed by atoms with E-state index in [-0.39, 0.29) is 11.7 Å². The zero-order valence-electron chi connectivity index (χ0n) is 11.8. The maximum Gasteiger partial charge on any atom is 0.251 e. The van der Waals surface area contributed by atoms with E-state index in [0.717, 1.165) is 13.0 Å². The number of phenolic OH excluding ortho intramolecular Hbond substituents is 1. The number of carbonyl (C=O) groups is 1. The van der Waals surface area contributed by atoms with Crippen molar-refractivity contribution in [3.8, 4) is 11.5 Å². The molecule has 1 heterocycles. The van der Waals surface area contributed by atoms with Crippen molar-refractivity contribution in [1.82, 2.24) is 10.6 Å². The minimum Gasteiger partial charge on any atom is -0.504 e. The van der Waals surface area contributed by atoms with E-state index in [1.807, 2.05) is 0 Å². The standard InChI is InChI=1S/C15H22N2O3/c1-20-14-6-5-11(10-13(14)18)15(19)17-9-7-12-4-2-3-8-16-12/h5-6,10,12,16,18H,2-4,7-9H2,1H3,(H,17,19). The van der Waals surface area contributed by atoms with E-state index in [2.05, 4.69) is 10.6 Å². The summed E-state index contributed by atoms with van der Waals surface area (Å²) in [6.07, 6.45) is 4.62. The normalized spacial score (nSPS) is 18.6. The number of nitrogens with one attached hydrogen (secondary N) is 2. The lowest BCUT2D eigenvalue weighted by molar-refractivity contribution is 0.0951. The zero-order chi connectivity index (χ0) is 14.4. The Morgan fingerprint density at radius 3 is 3.00 bits per heavy atom. The summed E-state index contributed by atoms with van der Waals surface area (Å²) in [5.41, 5.74) is 0.444. The van der Waals surface area contributed by atoms with E-state index in [9.17, 15) is 9.90 Å². The number of piperidine rings is 1. The van der Waals surface area contributed by atoms with Crippen LogP contribution in [0.5, 0.6) is 11.5 Å². The Morgan fingerprint density at radius 2 is 2.35 bits per heavy atom. The van der Waals surface area contributed by atoms with Gasteiger partial charge in [0.25, 0.3) is 5.91 Å². The Kier molecular flexibility index (Phi) is 5.24. The van der Waals surface area contributed by atoms with E-state index < -0.39 is 0 Å². The molecule has 20 heavy (non-hydrogen) atoms. The van der Waals surface area contributed by atoms with Gasteiger partial charge in [-0.05, 0) is 44.0 Å². The Bertz CT molecular complexity index is 456. The first kappa shape index (κ1) is 14.7. The number of hydrogen-bond acceptors (Lipinski definition) is 4. The molecule has 1 aromatic carbocycles. The van der Waals surface area contributed by atoms with Gasteiger partial charge in [0, 0.05) is 18.2 Å². The average Bonchev–Trinajstić information content (AvgIpc) is 2.48. The highest BCUT2D eigenvalue weighted by atomic mass is 16.5. The molecule has 1 fully saturated rings. The smallest absolute Gasteiger partial charge is 0.251 e. The third-order valence-corrected chi connectivity index (χ3v) is 3.63. The number of benzene rings is 1. The molecule has 0 aliphatic carbocycles. The van der Waals surface area contributed by atoms with Crippen molar-refractivity contribution in [2.75, 3.05) is 20.2 Å². The minimum absolute atomic E-state index is 0.0194. The predicted molar refractivity (Wildman–Crippen MR) is 77.3 cm³/mol. The lowest BCUT2D eigenvalue weighted by Crippen LogP contribution is -2.37. The number of aromatic hydroxyl groups is 1. The molecule has 3 N–H and O–H groups in total. The molecule has 1 saturated heterocycles. The van der Waals surface area contributed by atoms with Crippen molar-refractivity contribution in [2.45, 2.75) is 31.7 Å². The van der Waals surface area contributed by atoms with Crippen molar-refractivity contribution < 1.29 is 14.6 Å². The van der Waals surface area contributed by atoms with Crippen LogP contribution in [0.4, 0.5) is 0 Å². The molecule has 1 atom stereocenters. The molecule has 110 valence electrons. The molecule has 0 saturated carbocycles. The summed E-state index contributed by atoms with van der Waals surface area (Å²) < 4.78 is 4.95. The SMILES string of the molecule is COc1ccc(C(=O)NCCC2CCCCN2)cc1O. The quantitative estimate of drug-likeness (QED) is 0.766. The number of ether oxygens (including phenoxy) is 1. The first-order valence-electron chi connectivity index (χ1n) is 7.09. The molecule has 0 aromatic heterocycles. The van der Waals surface area contributed by atoms with Crippen molar-refractivity contribution >= 4 is 5.91 Å². The molecule has 1 aliphatic rings.